The first kappa shape index (κ1) is 30.2. The molecule has 6 bridgehead atoms. The van der Waals surface area contributed by atoms with Crippen LogP contribution in [0.2, 0.25) is 0 Å². The van der Waals surface area contributed by atoms with Crippen LogP contribution in [0.1, 0.15) is 0 Å². The maximum absolute atomic E-state index is 4.04. The second-order valence-corrected chi connectivity index (χ2v) is 18.5. The van der Waals surface area contributed by atoms with E-state index in [2.05, 4.69) is 182 Å². The molecule has 12 aromatic rings. The molecule has 8 aromatic carbocycles. The van der Waals surface area contributed by atoms with Gasteiger partial charge in [0.2, 0.25) is 0 Å². The molecule has 4 aromatic heterocycles. The number of hydrogen-bond acceptors (Lipinski definition) is 4. The average molecular weight is 838 g/mol. The fraction of sp³-hybridized carbons (Fsp3) is 0. The summed E-state index contributed by atoms with van der Waals surface area (Å²) >= 11 is -1.81. The van der Waals surface area contributed by atoms with Crippen molar-refractivity contribution in [3.8, 4) is 0 Å². The molecule has 57 heavy (non-hydrogen) atoms. The fourth-order valence-corrected chi connectivity index (χ4v) is 13.2. The molecule has 2 aliphatic heterocycles. The number of nitrogens with one attached hydrogen (secondary N) is 6. The van der Waals surface area contributed by atoms with E-state index < -0.39 is 21.7 Å². The van der Waals surface area contributed by atoms with Gasteiger partial charge in [0, 0.05) is 0 Å². The fourth-order valence-electron chi connectivity index (χ4n) is 9.46. The van der Waals surface area contributed by atoms with E-state index in [1.165, 1.54) is 64.6 Å². The van der Waals surface area contributed by atoms with Gasteiger partial charge in [-0.05, 0) is 0 Å². The number of nitrogens with zero attached hydrogens (tertiary/aromatic N) is 2. The molecule has 0 spiro atoms. The van der Waals surface area contributed by atoms with Crippen LogP contribution in [0.5, 0.6) is 0 Å². The number of H-pyrrole nitrogens is 2. The molecule has 9 heteroatoms. The number of fused-ring (bicyclic) bond motifs is 20. The third kappa shape index (κ3) is 4.17. The van der Waals surface area contributed by atoms with Crippen LogP contribution in [-0.2, 0) is 0 Å². The summed E-state index contributed by atoms with van der Waals surface area (Å²) in [6, 6.07) is 53.4. The Balaban J connectivity index is 1.17. The number of aromatic nitrogens is 4. The van der Waals surface area contributed by atoms with Gasteiger partial charge in [0.25, 0.3) is 0 Å². The minimum atomic E-state index is -1.81. The molecular weight excluding hydrogens is 807 g/mol. The second-order valence-electron chi connectivity index (χ2n) is 15.4. The average Bonchev–Trinajstić information content (AvgIpc) is 3.93. The van der Waals surface area contributed by atoms with Gasteiger partial charge in [-0.2, -0.15) is 0 Å². The molecule has 0 saturated heterocycles. The Hall–Kier alpha value is -7.04. The summed E-state index contributed by atoms with van der Waals surface area (Å²) in [5, 5.41) is 35.1. The van der Waals surface area contributed by atoms with E-state index in [9.17, 15) is 0 Å². The summed E-state index contributed by atoms with van der Waals surface area (Å²) < 4.78 is 5.17. The summed E-state index contributed by atoms with van der Waals surface area (Å²) in [5.41, 5.74) is 0. The zero-order chi connectivity index (χ0) is 36.9. The molecule has 2 aliphatic rings. The normalized spacial score (nSPS) is 13.4. The van der Waals surface area contributed by atoms with Crippen molar-refractivity contribution in [3.63, 3.8) is 0 Å². The Bertz CT molecular complexity index is 3270. The SMILES string of the molecule is c1ccc2cc3c4[nH]c(c3cc2c1)Nc1c2cc3ccccc3cc2c2[n]1[Sn][n]1c(c3cc5ccccc5cc3c1Nc1[nH]c(c3cc5ccccc5cc13)N2)N4. The molecule has 0 unspecified atom stereocenters. The van der Waals surface area contributed by atoms with Crippen LogP contribution in [-0.4, -0.2) is 37.2 Å². The minimum absolute atomic E-state index is 0.970. The van der Waals surface area contributed by atoms with E-state index in [0.717, 1.165) is 68.1 Å². The first-order chi connectivity index (χ1) is 28.2. The summed E-state index contributed by atoms with van der Waals surface area (Å²) in [5.74, 6) is 8.20. The van der Waals surface area contributed by atoms with Crippen molar-refractivity contribution in [1.82, 2.24) is 15.5 Å². The standard InChI is InChI=1S/C48H30N8.Sn/c1-2-10-26-18-34-33(17-25(26)9-1)41-49-42(34)54-44-37-21-29-13-5-6-14-30(29)22-38(37)46(51-44)56-48-40-24-32-16-8-7-15-31(32)23-39(40)47(52-48)55-45-36-20-28-12-4-3-11-27(28)19-35(36)43(50-45)53-41;/h1-24,49,52-56H;/q-2;+2. The van der Waals surface area contributed by atoms with E-state index in [0.29, 0.717) is 0 Å². The maximum atomic E-state index is 4.04. The van der Waals surface area contributed by atoms with Crippen molar-refractivity contribution < 1.29 is 0 Å². The van der Waals surface area contributed by atoms with Gasteiger partial charge in [0.1, 0.15) is 0 Å². The van der Waals surface area contributed by atoms with Gasteiger partial charge in [-0.3, -0.25) is 0 Å². The van der Waals surface area contributed by atoms with Gasteiger partial charge in [-0.25, -0.2) is 0 Å². The third-order valence-corrected chi connectivity index (χ3v) is 15.9. The molecule has 2 radical (unpaired) electrons. The van der Waals surface area contributed by atoms with Crippen molar-refractivity contribution in [3.05, 3.63) is 146 Å². The second kappa shape index (κ2) is 10.8. The van der Waals surface area contributed by atoms with E-state index >= 15 is 0 Å². The molecule has 0 fully saturated rings. The van der Waals surface area contributed by atoms with Crippen molar-refractivity contribution >= 4 is 154 Å². The summed E-state index contributed by atoms with van der Waals surface area (Å²) in [7, 11) is 0. The van der Waals surface area contributed by atoms with Gasteiger partial charge in [-0.15, -0.1) is 0 Å². The Morgan fingerprint density at radius 2 is 0.491 bits per heavy atom. The molecule has 6 N–H and O–H groups in total. The number of rotatable bonds is 0. The molecule has 0 saturated carbocycles. The van der Waals surface area contributed by atoms with Crippen molar-refractivity contribution in [2.24, 2.45) is 0 Å². The van der Waals surface area contributed by atoms with Gasteiger partial charge in [-0.1, -0.05) is 0 Å². The molecule has 0 amide bonds. The van der Waals surface area contributed by atoms with Crippen LogP contribution in [0.15, 0.2) is 146 Å². The predicted molar refractivity (Wildman–Crippen MR) is 240 cm³/mol. The van der Waals surface area contributed by atoms with Gasteiger partial charge in [0.15, 0.2) is 0 Å². The number of benzene rings is 8. The molecular formula is C48H30N8Sn. The molecule has 0 atom stereocenters. The van der Waals surface area contributed by atoms with E-state index in [-0.39, 0.29) is 0 Å². The Kier molecular flexibility index (Phi) is 5.74. The number of hydrogen-bond donors (Lipinski definition) is 6. The van der Waals surface area contributed by atoms with Crippen LogP contribution < -0.4 is 21.3 Å². The Morgan fingerprint density at radius 1 is 0.281 bits per heavy atom. The van der Waals surface area contributed by atoms with Crippen molar-refractivity contribution in [1.29, 1.82) is 0 Å². The number of anilines is 8. The first-order valence-electron chi connectivity index (χ1n) is 19.3. The third-order valence-electron chi connectivity index (χ3n) is 12.2. The Morgan fingerprint density at radius 3 is 0.719 bits per heavy atom. The topological polar surface area (TPSA) is 89.6 Å². The summed E-state index contributed by atoms with van der Waals surface area (Å²) in [6.07, 6.45) is 0. The molecule has 266 valence electrons. The molecule has 6 heterocycles. The van der Waals surface area contributed by atoms with Crippen LogP contribution in [0.3, 0.4) is 0 Å². The summed E-state index contributed by atoms with van der Waals surface area (Å²) in [4.78, 5) is 7.74. The van der Waals surface area contributed by atoms with E-state index in [1.807, 2.05) is 0 Å². The summed E-state index contributed by atoms with van der Waals surface area (Å²) in [6.45, 7) is 0. The monoisotopic (exact) mass is 838 g/mol. The van der Waals surface area contributed by atoms with Crippen LogP contribution in [0.25, 0.3) is 86.2 Å². The quantitative estimate of drug-likeness (QED) is 0.0859. The van der Waals surface area contributed by atoms with E-state index in [1.54, 1.807) is 0 Å². The Labute approximate surface area is 335 Å². The van der Waals surface area contributed by atoms with Crippen molar-refractivity contribution in [2.45, 2.75) is 0 Å². The van der Waals surface area contributed by atoms with Crippen molar-refractivity contribution in [2.75, 3.05) is 21.3 Å². The van der Waals surface area contributed by atoms with Crippen LogP contribution in [0, 0.1) is 0 Å². The first-order valence-corrected chi connectivity index (χ1v) is 21.8. The zero-order valence-corrected chi connectivity index (χ0v) is 33.1. The predicted octanol–water partition coefficient (Wildman–Crippen LogP) is 12.7. The van der Waals surface area contributed by atoms with Gasteiger partial charge >= 0.3 is 337 Å². The zero-order valence-electron chi connectivity index (χ0n) is 30.3. The molecule has 0 aliphatic carbocycles. The van der Waals surface area contributed by atoms with E-state index in [4.69, 9.17) is 0 Å². The molecule has 14 rings (SSSR count). The van der Waals surface area contributed by atoms with Gasteiger partial charge in [0.05, 0.1) is 0 Å². The number of aromatic amines is 2. The van der Waals surface area contributed by atoms with Crippen LogP contribution in [0.4, 0.5) is 46.5 Å². The molecule has 8 nitrogen and oxygen atoms in total. The van der Waals surface area contributed by atoms with Gasteiger partial charge < -0.3 is 0 Å². The van der Waals surface area contributed by atoms with Crippen LogP contribution >= 0.6 is 0 Å².